The minimum absolute atomic E-state index is 0.0382. The standard InChI is InChI=1S/C21H19Cl5N4O3/c1-9(2)27-20(33)30-29-18(31)14-8-13(3-4-15(14)24)28-19(32)17-16(21(17,25)26)10-5-11(22)7-12(23)6-10/h3-9,16-17H,1-2H3,(H,28,32)(H,29,31)(H2,27,30,33)/t16-,17+/m0/s1. The molecule has 1 fully saturated rings. The highest BCUT2D eigenvalue weighted by Crippen LogP contribution is 2.65. The van der Waals surface area contributed by atoms with E-state index >= 15 is 0 Å². The Balaban J connectivity index is 1.70. The van der Waals surface area contributed by atoms with Gasteiger partial charge in [-0.15, -0.1) is 23.2 Å². The summed E-state index contributed by atoms with van der Waals surface area (Å²) in [5, 5.41) is 6.17. The van der Waals surface area contributed by atoms with Gasteiger partial charge in [0.1, 0.15) is 4.33 Å². The molecular formula is C21H19Cl5N4O3. The number of anilines is 1. The zero-order valence-corrected chi connectivity index (χ0v) is 21.1. The highest BCUT2D eigenvalue weighted by atomic mass is 35.5. The van der Waals surface area contributed by atoms with Gasteiger partial charge in [-0.05, 0) is 55.8 Å². The number of benzene rings is 2. The topological polar surface area (TPSA) is 99.3 Å². The Kier molecular flexibility index (Phi) is 7.91. The Hall–Kier alpha value is -1.90. The molecule has 0 radical (unpaired) electrons. The third-order valence-corrected chi connectivity index (χ3v) is 6.47. The van der Waals surface area contributed by atoms with Crippen molar-refractivity contribution >= 4 is 81.5 Å². The zero-order valence-electron chi connectivity index (χ0n) is 17.3. The van der Waals surface area contributed by atoms with Crippen LogP contribution in [0.4, 0.5) is 10.5 Å². The molecule has 33 heavy (non-hydrogen) atoms. The Morgan fingerprint density at radius 2 is 1.58 bits per heavy atom. The van der Waals surface area contributed by atoms with Gasteiger partial charge in [0.2, 0.25) is 5.91 Å². The summed E-state index contributed by atoms with van der Waals surface area (Å²) in [6.07, 6.45) is 0. The lowest BCUT2D eigenvalue weighted by Gasteiger charge is -2.12. The number of carbonyl (C=O) groups excluding carboxylic acids is 3. The van der Waals surface area contributed by atoms with Gasteiger partial charge in [0, 0.05) is 27.7 Å². The molecule has 3 rings (SSSR count). The van der Waals surface area contributed by atoms with E-state index in [4.69, 9.17) is 58.0 Å². The number of nitrogens with one attached hydrogen (secondary N) is 4. The van der Waals surface area contributed by atoms with E-state index in [1.165, 1.54) is 18.2 Å². The fraction of sp³-hybridized carbons (Fsp3) is 0.286. The van der Waals surface area contributed by atoms with E-state index in [0.717, 1.165) is 0 Å². The summed E-state index contributed by atoms with van der Waals surface area (Å²) in [4.78, 5) is 37.0. The van der Waals surface area contributed by atoms with Gasteiger partial charge >= 0.3 is 6.03 Å². The highest BCUT2D eigenvalue weighted by Gasteiger charge is 2.67. The van der Waals surface area contributed by atoms with E-state index in [1.807, 2.05) is 0 Å². The molecule has 0 spiro atoms. The van der Waals surface area contributed by atoms with Crippen LogP contribution in [0.5, 0.6) is 0 Å². The van der Waals surface area contributed by atoms with Gasteiger partial charge in [0.25, 0.3) is 5.91 Å². The van der Waals surface area contributed by atoms with Crippen LogP contribution in [0.15, 0.2) is 36.4 Å². The van der Waals surface area contributed by atoms with Gasteiger partial charge in [-0.25, -0.2) is 10.2 Å². The number of hydrazine groups is 1. The van der Waals surface area contributed by atoms with Crippen molar-refractivity contribution in [3.05, 3.63) is 62.6 Å². The van der Waals surface area contributed by atoms with E-state index in [2.05, 4.69) is 21.5 Å². The van der Waals surface area contributed by atoms with E-state index in [-0.39, 0.29) is 16.6 Å². The lowest BCUT2D eigenvalue weighted by atomic mass is 10.1. The molecule has 2 aromatic carbocycles. The second kappa shape index (κ2) is 10.2. The Labute approximate surface area is 215 Å². The maximum Gasteiger partial charge on any atom is 0.333 e. The Bertz CT molecular complexity index is 1090. The number of carbonyl (C=O) groups is 3. The summed E-state index contributed by atoms with van der Waals surface area (Å²) >= 11 is 31.0. The molecule has 7 nitrogen and oxygen atoms in total. The van der Waals surface area contributed by atoms with Gasteiger partial charge < -0.3 is 10.6 Å². The van der Waals surface area contributed by atoms with E-state index in [9.17, 15) is 14.4 Å². The summed E-state index contributed by atoms with van der Waals surface area (Å²) in [6, 6.07) is 8.50. The van der Waals surface area contributed by atoms with E-state index in [0.29, 0.717) is 21.3 Å². The molecule has 4 N–H and O–H groups in total. The number of hydrogen-bond acceptors (Lipinski definition) is 3. The maximum absolute atomic E-state index is 12.9. The number of hydrogen-bond donors (Lipinski definition) is 4. The lowest BCUT2D eigenvalue weighted by molar-refractivity contribution is -0.117. The molecule has 0 heterocycles. The number of rotatable bonds is 5. The van der Waals surface area contributed by atoms with Crippen molar-refractivity contribution in [1.82, 2.24) is 16.2 Å². The van der Waals surface area contributed by atoms with Crippen LogP contribution in [0.25, 0.3) is 0 Å². The summed E-state index contributed by atoms with van der Waals surface area (Å²) in [5.41, 5.74) is 5.44. The molecule has 1 saturated carbocycles. The maximum atomic E-state index is 12.9. The molecule has 1 aliphatic rings. The second-order valence-electron chi connectivity index (χ2n) is 7.72. The molecule has 0 unspecified atom stereocenters. The smallest absolute Gasteiger partial charge is 0.333 e. The van der Waals surface area contributed by atoms with Crippen molar-refractivity contribution in [2.45, 2.75) is 30.1 Å². The number of amides is 4. The van der Waals surface area contributed by atoms with Crippen molar-refractivity contribution in [2.75, 3.05) is 5.32 Å². The van der Waals surface area contributed by atoms with Crippen LogP contribution in [0.2, 0.25) is 15.1 Å². The zero-order chi connectivity index (χ0) is 24.5. The first kappa shape index (κ1) is 25.7. The predicted molar refractivity (Wildman–Crippen MR) is 131 cm³/mol. The molecule has 2 aromatic rings. The molecule has 0 saturated heterocycles. The number of alkyl halides is 2. The summed E-state index contributed by atoms with van der Waals surface area (Å²) in [6.45, 7) is 3.54. The normalized spacial score (nSPS) is 18.4. The van der Waals surface area contributed by atoms with Gasteiger partial charge in [-0.3, -0.25) is 15.0 Å². The van der Waals surface area contributed by atoms with Gasteiger partial charge in [0.15, 0.2) is 0 Å². The van der Waals surface area contributed by atoms with Crippen LogP contribution in [0, 0.1) is 5.92 Å². The Morgan fingerprint density at radius 1 is 0.939 bits per heavy atom. The molecule has 1 aliphatic carbocycles. The van der Waals surface area contributed by atoms with Crippen molar-refractivity contribution < 1.29 is 14.4 Å². The second-order valence-corrected chi connectivity index (χ2v) is 10.4. The minimum atomic E-state index is -1.35. The average Bonchev–Trinajstić information content (AvgIpc) is 3.28. The molecule has 0 aromatic heterocycles. The molecule has 12 heteroatoms. The predicted octanol–water partition coefficient (Wildman–Crippen LogP) is 5.53. The average molecular weight is 553 g/mol. The molecule has 2 atom stereocenters. The molecular weight excluding hydrogens is 534 g/mol. The van der Waals surface area contributed by atoms with Crippen molar-refractivity contribution in [3.8, 4) is 0 Å². The minimum Gasteiger partial charge on any atom is -0.335 e. The van der Waals surface area contributed by atoms with Crippen molar-refractivity contribution in [2.24, 2.45) is 5.92 Å². The third-order valence-electron chi connectivity index (χ3n) is 4.77. The quantitative estimate of drug-likeness (QED) is 0.290. The first-order chi connectivity index (χ1) is 15.4. The van der Waals surface area contributed by atoms with Crippen LogP contribution < -0.4 is 21.5 Å². The van der Waals surface area contributed by atoms with Gasteiger partial charge in [-0.2, -0.15) is 0 Å². The van der Waals surface area contributed by atoms with Crippen LogP contribution in [-0.2, 0) is 4.79 Å². The molecule has 176 valence electrons. The first-order valence-corrected chi connectivity index (χ1v) is 11.6. The van der Waals surface area contributed by atoms with Crippen LogP contribution in [0.1, 0.15) is 35.7 Å². The fourth-order valence-corrected chi connectivity index (χ4v) is 4.87. The number of halogens is 5. The van der Waals surface area contributed by atoms with Crippen molar-refractivity contribution in [3.63, 3.8) is 0 Å². The van der Waals surface area contributed by atoms with Crippen LogP contribution in [0.3, 0.4) is 0 Å². The number of urea groups is 1. The summed E-state index contributed by atoms with van der Waals surface area (Å²) in [7, 11) is 0. The van der Waals surface area contributed by atoms with Crippen molar-refractivity contribution in [1.29, 1.82) is 0 Å². The first-order valence-electron chi connectivity index (χ1n) is 9.71. The Morgan fingerprint density at radius 3 is 2.18 bits per heavy atom. The SMILES string of the molecule is CC(C)NC(=O)NNC(=O)c1cc(NC(=O)[C@H]2[C@H](c3cc(Cl)cc(Cl)c3)C2(Cl)Cl)ccc1Cl. The summed E-state index contributed by atoms with van der Waals surface area (Å²) in [5.74, 6) is -2.42. The van der Waals surface area contributed by atoms with Crippen LogP contribution >= 0.6 is 58.0 Å². The fourth-order valence-electron chi connectivity index (χ4n) is 3.30. The third kappa shape index (κ3) is 6.16. The van der Waals surface area contributed by atoms with Gasteiger partial charge in [-0.1, -0.05) is 34.8 Å². The monoisotopic (exact) mass is 550 g/mol. The largest absolute Gasteiger partial charge is 0.335 e. The summed E-state index contributed by atoms with van der Waals surface area (Å²) < 4.78 is -1.35. The van der Waals surface area contributed by atoms with E-state index in [1.54, 1.807) is 32.0 Å². The highest BCUT2D eigenvalue weighted by molar-refractivity contribution is 6.53. The van der Waals surface area contributed by atoms with Gasteiger partial charge in [0.05, 0.1) is 16.5 Å². The molecule has 4 amide bonds. The lowest BCUT2D eigenvalue weighted by Crippen LogP contribution is -2.48. The molecule has 0 bridgehead atoms. The van der Waals surface area contributed by atoms with E-state index < -0.39 is 34.0 Å². The van der Waals surface area contributed by atoms with Crippen LogP contribution in [-0.4, -0.2) is 28.2 Å². The molecule has 0 aliphatic heterocycles.